The summed E-state index contributed by atoms with van der Waals surface area (Å²) >= 11 is 8.80. The van der Waals surface area contributed by atoms with Crippen LogP contribution in [0.3, 0.4) is 0 Å². The molecule has 0 atom stereocenters. The first kappa shape index (κ1) is 9.11. The highest BCUT2D eigenvalue weighted by atomic mass is 35.5. The summed E-state index contributed by atoms with van der Waals surface area (Å²) in [4.78, 5) is 8.98. The van der Waals surface area contributed by atoms with Crippen LogP contribution in [0.25, 0.3) is 0 Å². The normalized spacial score (nSPS) is 5.20. The summed E-state index contributed by atoms with van der Waals surface area (Å²) in [6.07, 6.45) is 0. The lowest BCUT2D eigenvalue weighted by Crippen LogP contribution is -3.00. The highest BCUT2D eigenvalue weighted by molar-refractivity contribution is 6.93. The van der Waals surface area contributed by atoms with E-state index < -0.39 is 4.70 Å². The second-order valence-electron chi connectivity index (χ2n) is 0.226. The number of hydrogen-bond donors (Lipinski definition) is 0. The first-order chi connectivity index (χ1) is 1.73. The van der Waals surface area contributed by atoms with Gasteiger partial charge in [-0.15, -0.1) is 0 Å². The van der Waals surface area contributed by atoms with Crippen molar-refractivity contribution in [2.75, 3.05) is 0 Å². The van der Waals surface area contributed by atoms with E-state index >= 15 is 0 Å². The summed E-state index contributed by atoms with van der Waals surface area (Å²) in [7, 11) is 0. The van der Waals surface area contributed by atoms with Crippen molar-refractivity contribution in [3.8, 4) is 0 Å². The van der Waals surface area contributed by atoms with Gasteiger partial charge in [0, 0.05) is 0 Å². The number of hydrogen-bond acceptors (Lipinski definition) is 1. The van der Waals surface area contributed by atoms with E-state index in [4.69, 9.17) is 4.79 Å². The molecular formula is CHCl3O. The van der Waals surface area contributed by atoms with Crippen LogP contribution in [0, 0.1) is 0 Å². The Labute approximate surface area is 47.1 Å². The summed E-state index contributed by atoms with van der Waals surface area (Å²) in [5.41, 5.74) is 0. The average molecular weight is 135 g/mol. The molecule has 0 N–H and O–H groups in total. The van der Waals surface area contributed by atoms with Gasteiger partial charge in [0.1, 0.15) is 0 Å². The summed E-state index contributed by atoms with van der Waals surface area (Å²) < 4.78 is -0.889. The number of carbonyl (C=O) groups excluding carboxylic acids is 1. The molecule has 0 aromatic heterocycles. The highest BCUT2D eigenvalue weighted by Crippen LogP contribution is 1.84. The van der Waals surface area contributed by atoms with Crippen LogP contribution in [-0.2, 0) is 0 Å². The Hall–Kier alpha value is 0.540. The molecule has 0 aliphatic heterocycles. The van der Waals surface area contributed by atoms with Crippen LogP contribution in [-0.4, -0.2) is 4.70 Å². The van der Waals surface area contributed by atoms with Gasteiger partial charge in [-0.1, -0.05) is 0 Å². The van der Waals surface area contributed by atoms with Gasteiger partial charge in [0.2, 0.25) is 0 Å². The molecule has 1 nitrogen and oxygen atoms in total. The Morgan fingerprint density at radius 1 is 1.60 bits per heavy atom. The van der Waals surface area contributed by atoms with E-state index in [1.165, 1.54) is 0 Å². The van der Waals surface area contributed by atoms with Crippen LogP contribution in [0.15, 0.2) is 0 Å². The molecular weight excluding hydrogens is 134 g/mol. The van der Waals surface area contributed by atoms with Crippen LogP contribution < -0.4 is 12.4 Å². The minimum Gasteiger partial charge on any atom is -1.00 e. The van der Waals surface area contributed by atoms with Crippen molar-refractivity contribution in [1.82, 2.24) is 0 Å². The molecule has 0 rings (SSSR count). The third-order valence-electron chi connectivity index (χ3n) is 0. The summed E-state index contributed by atoms with van der Waals surface area (Å²) in [6, 6.07) is 0. The Bertz CT molecular complexity index is 33.8. The van der Waals surface area contributed by atoms with Gasteiger partial charge in [-0.2, -0.15) is 0 Å². The Morgan fingerprint density at radius 2 is 1.60 bits per heavy atom. The molecule has 0 aromatic rings. The van der Waals surface area contributed by atoms with Crippen molar-refractivity contribution < 1.29 is 18.6 Å². The van der Waals surface area contributed by atoms with E-state index in [1.54, 1.807) is 0 Å². The van der Waals surface area contributed by atoms with E-state index in [0.29, 0.717) is 0 Å². The first-order valence-electron chi connectivity index (χ1n) is 0.582. The van der Waals surface area contributed by atoms with Gasteiger partial charge in [-0.05, 0) is 23.2 Å². The molecule has 0 unspecified atom stereocenters. The van der Waals surface area contributed by atoms with Crippen LogP contribution in [0.5, 0.6) is 0 Å². The molecule has 0 heterocycles. The molecule has 0 saturated heterocycles. The second-order valence-corrected chi connectivity index (χ2v) is 1.11. The highest BCUT2D eigenvalue weighted by Gasteiger charge is 1.72. The zero-order valence-corrected chi connectivity index (χ0v) is 4.31. The van der Waals surface area contributed by atoms with E-state index in [2.05, 4.69) is 23.2 Å². The topological polar surface area (TPSA) is 17.1 Å². The van der Waals surface area contributed by atoms with Gasteiger partial charge < -0.3 is 12.4 Å². The number of carbonyl (C=O) groups is 1. The summed E-state index contributed by atoms with van der Waals surface area (Å²) in [5, 5.41) is 0. The molecule has 0 fully saturated rings. The summed E-state index contributed by atoms with van der Waals surface area (Å²) in [6.45, 7) is 0. The molecule has 0 saturated carbocycles. The average Bonchev–Trinajstić information content (AvgIpc) is 0.811. The van der Waals surface area contributed by atoms with Crippen LogP contribution in [0.4, 0.5) is 4.79 Å². The summed E-state index contributed by atoms with van der Waals surface area (Å²) in [5.74, 6) is 0. The third-order valence-corrected chi connectivity index (χ3v) is 0. The number of halogens is 3. The fourth-order valence-electron chi connectivity index (χ4n) is 0. The molecule has 0 aromatic carbocycles. The molecule has 0 aliphatic rings. The van der Waals surface area contributed by atoms with Gasteiger partial charge in [0.15, 0.2) is 0 Å². The quantitative estimate of drug-likeness (QED) is 0.377. The van der Waals surface area contributed by atoms with Crippen molar-refractivity contribution in [3.05, 3.63) is 0 Å². The SMILES string of the molecule is O=C(Cl)Cl.[Cl-].[H+]. The maximum atomic E-state index is 8.98. The fraction of sp³-hybridized carbons (Fsp3) is 0. The van der Waals surface area contributed by atoms with Crippen LogP contribution in [0.2, 0.25) is 0 Å². The maximum Gasteiger partial charge on any atom is 1.00 e. The van der Waals surface area contributed by atoms with Crippen molar-refractivity contribution in [2.24, 2.45) is 0 Å². The largest absolute Gasteiger partial charge is 1.00 e. The van der Waals surface area contributed by atoms with Gasteiger partial charge in [-0.25, -0.2) is 0 Å². The maximum absolute atomic E-state index is 8.98. The van der Waals surface area contributed by atoms with Gasteiger partial charge in [0.05, 0.1) is 0 Å². The zero-order valence-electron chi connectivity index (χ0n) is 3.04. The monoisotopic (exact) mass is 134 g/mol. The van der Waals surface area contributed by atoms with Gasteiger partial charge in [-0.3, -0.25) is 4.79 Å². The molecule has 0 aliphatic carbocycles. The third kappa shape index (κ3) is 100. The zero-order chi connectivity index (χ0) is 3.58. The second kappa shape index (κ2) is 4.54. The van der Waals surface area contributed by atoms with E-state index in [1.807, 2.05) is 0 Å². The minimum atomic E-state index is -0.889. The molecule has 32 valence electrons. The van der Waals surface area contributed by atoms with Crippen LogP contribution >= 0.6 is 23.2 Å². The number of rotatable bonds is 0. The Kier molecular flexibility index (Phi) is 8.27. The van der Waals surface area contributed by atoms with Crippen molar-refractivity contribution in [2.45, 2.75) is 0 Å². The predicted molar refractivity (Wildman–Crippen MR) is 18.2 cm³/mol. The van der Waals surface area contributed by atoms with Crippen molar-refractivity contribution in [1.29, 1.82) is 0 Å². The van der Waals surface area contributed by atoms with Crippen molar-refractivity contribution in [3.63, 3.8) is 0 Å². The fourth-order valence-corrected chi connectivity index (χ4v) is 0. The van der Waals surface area contributed by atoms with E-state index in [9.17, 15) is 0 Å². The molecule has 0 spiro atoms. The Balaban J connectivity index is -0.0000000450. The molecule has 5 heavy (non-hydrogen) atoms. The lowest BCUT2D eigenvalue weighted by molar-refractivity contribution is -0.00000331. The van der Waals surface area contributed by atoms with Crippen LogP contribution in [0.1, 0.15) is 1.43 Å². The Morgan fingerprint density at radius 3 is 1.60 bits per heavy atom. The standard InChI is InChI=1S/CCl2O.ClH/c2-1(3)4;/h;1H. The molecule has 0 bridgehead atoms. The van der Waals surface area contributed by atoms with Gasteiger partial charge in [0.25, 0.3) is 0 Å². The van der Waals surface area contributed by atoms with Crippen molar-refractivity contribution >= 4 is 27.9 Å². The minimum absolute atomic E-state index is 0. The molecule has 0 radical (unpaired) electrons. The molecule has 4 heteroatoms. The van der Waals surface area contributed by atoms with E-state index in [-0.39, 0.29) is 13.8 Å². The van der Waals surface area contributed by atoms with E-state index in [0.717, 1.165) is 0 Å². The lowest BCUT2D eigenvalue weighted by atomic mass is 11.8. The van der Waals surface area contributed by atoms with Gasteiger partial charge >= 0.3 is 6.13 Å². The first-order valence-corrected chi connectivity index (χ1v) is 1.34. The smallest absolute Gasteiger partial charge is 1.00 e. The predicted octanol–water partition coefficient (Wildman–Crippen LogP) is -1.30. The lowest BCUT2D eigenvalue weighted by Gasteiger charge is -1.48. The molecule has 0 amide bonds.